The molecule has 5 nitrogen and oxygen atoms in total. The molecule has 2 heterocycles. The molecule has 0 aliphatic carbocycles. The number of nitrogens with one attached hydrogen (secondary N) is 1. The van der Waals surface area contributed by atoms with Crippen molar-refractivity contribution in [1.29, 1.82) is 0 Å². The summed E-state index contributed by atoms with van der Waals surface area (Å²) in [6.45, 7) is 2.17. The van der Waals surface area contributed by atoms with Gasteiger partial charge in [0, 0.05) is 12.1 Å². The van der Waals surface area contributed by atoms with Crippen molar-refractivity contribution in [1.82, 2.24) is 9.78 Å². The van der Waals surface area contributed by atoms with Crippen LogP contribution in [0.4, 0.5) is 14.6 Å². The Hall–Kier alpha value is 0.392. The number of hydrogen-bond donors (Lipinski definition) is 1. The fourth-order valence-corrected chi connectivity index (χ4v) is 1.57. The van der Waals surface area contributed by atoms with E-state index in [1.165, 1.54) is 4.68 Å². The zero-order valence-corrected chi connectivity index (χ0v) is 16.9. The molecule has 18 heavy (non-hydrogen) atoms. The van der Waals surface area contributed by atoms with Crippen molar-refractivity contribution in [3.8, 4) is 0 Å². The summed E-state index contributed by atoms with van der Waals surface area (Å²) in [5, 5.41) is 6.54. The quantitative estimate of drug-likeness (QED) is 0.526. The van der Waals surface area contributed by atoms with Gasteiger partial charge in [0.05, 0.1) is 6.61 Å². The molecule has 8 heteroatoms. The molecular formula is C10H14CsF2N3O2. The Morgan fingerprint density at radius 1 is 1.61 bits per heavy atom. The van der Waals surface area contributed by atoms with Gasteiger partial charge in [-0.15, -0.1) is 0 Å². The summed E-state index contributed by atoms with van der Waals surface area (Å²) in [4.78, 5) is 11.2. The number of rotatable bonds is 4. The van der Waals surface area contributed by atoms with Crippen molar-refractivity contribution in [2.45, 2.75) is 26.4 Å². The van der Waals surface area contributed by atoms with Gasteiger partial charge in [0.25, 0.3) is 6.43 Å². The van der Waals surface area contributed by atoms with E-state index in [1.54, 1.807) is 6.92 Å². The number of carbonyl (C=O) groups excluding carboxylic acids is 1. The molecule has 1 aromatic rings. The van der Waals surface area contributed by atoms with Gasteiger partial charge in [-0.05, 0) is 6.92 Å². The monoisotopic (exact) mass is 379 g/mol. The van der Waals surface area contributed by atoms with Crippen LogP contribution in [0.3, 0.4) is 0 Å². The van der Waals surface area contributed by atoms with E-state index in [1.807, 2.05) is 0 Å². The van der Waals surface area contributed by atoms with Gasteiger partial charge in [0.2, 0.25) is 0 Å². The zero-order valence-electron chi connectivity index (χ0n) is 10.7. The zero-order chi connectivity index (χ0) is 11.7. The molecule has 0 atom stereocenters. The molecule has 1 aromatic heterocycles. The van der Waals surface area contributed by atoms with Crippen LogP contribution >= 0.6 is 0 Å². The number of alkyl halides is 2. The maximum atomic E-state index is 12.5. The number of esters is 1. The van der Waals surface area contributed by atoms with Crippen molar-refractivity contribution in [2.24, 2.45) is 0 Å². The minimum atomic E-state index is -2.61. The summed E-state index contributed by atoms with van der Waals surface area (Å²) in [6.07, 6.45) is -2.61. The molecule has 0 spiro atoms. The van der Waals surface area contributed by atoms with Gasteiger partial charge >= 0.3 is 74.9 Å². The predicted molar refractivity (Wildman–Crippen MR) is 57.6 cm³/mol. The van der Waals surface area contributed by atoms with Gasteiger partial charge < -0.3 is 17.5 Å². The van der Waals surface area contributed by atoms with E-state index in [0.29, 0.717) is 17.9 Å². The van der Waals surface area contributed by atoms with Crippen molar-refractivity contribution >= 4 is 11.8 Å². The van der Waals surface area contributed by atoms with E-state index in [4.69, 9.17) is 4.74 Å². The molecule has 2 rings (SSSR count). The van der Waals surface area contributed by atoms with Crippen LogP contribution in [-0.4, -0.2) is 22.4 Å². The molecule has 0 bridgehead atoms. The van der Waals surface area contributed by atoms with Crippen LogP contribution in [-0.2, 0) is 22.6 Å². The molecule has 0 saturated carbocycles. The van der Waals surface area contributed by atoms with Crippen LogP contribution in [0.2, 0.25) is 0 Å². The molecule has 0 unspecified atom stereocenters. The number of anilines is 1. The topological polar surface area (TPSA) is 56.2 Å². The van der Waals surface area contributed by atoms with Crippen LogP contribution in [0.25, 0.3) is 0 Å². The first-order valence-electron chi connectivity index (χ1n) is 4.90. The van der Waals surface area contributed by atoms with Crippen LogP contribution < -0.4 is 74.2 Å². The Kier molecular flexibility index (Phi) is 8.03. The molecule has 0 radical (unpaired) electrons. The third kappa shape index (κ3) is 3.70. The Morgan fingerprint density at radius 3 is 2.67 bits per heavy atom. The van der Waals surface area contributed by atoms with Crippen molar-refractivity contribution in [2.75, 3.05) is 11.9 Å². The van der Waals surface area contributed by atoms with E-state index in [-0.39, 0.29) is 95.2 Å². The first-order chi connectivity index (χ1) is 7.63. The second kappa shape index (κ2) is 7.85. The van der Waals surface area contributed by atoms with Gasteiger partial charge in [0.1, 0.15) is 18.1 Å². The summed E-state index contributed by atoms with van der Waals surface area (Å²) >= 11 is 0. The number of nitrogens with zero attached hydrogens (tertiary/aromatic N) is 2. The van der Waals surface area contributed by atoms with Crippen LogP contribution in [0, 0.1) is 7.43 Å². The molecule has 1 aliphatic rings. The number of fused-ring (bicyclic) bond motifs is 1. The molecule has 0 fully saturated rings. The van der Waals surface area contributed by atoms with E-state index in [9.17, 15) is 13.6 Å². The molecule has 0 saturated heterocycles. The SMILES string of the molecule is CCOC(=O)Cn1nc(C(F)F)c2c1NC2.[CH3-].[Cs+]. The Bertz CT molecular complexity index is 424. The number of hydrogen-bond acceptors (Lipinski definition) is 4. The average Bonchev–Trinajstić information content (AvgIpc) is 2.37. The van der Waals surface area contributed by atoms with Gasteiger partial charge in [0.15, 0.2) is 0 Å². The Morgan fingerprint density at radius 2 is 2.28 bits per heavy atom. The van der Waals surface area contributed by atoms with Gasteiger partial charge in [-0.2, -0.15) is 5.10 Å². The standard InChI is InChI=1S/C9H11F2N3O2.CH3.Cs/c1-2-16-6(15)4-14-9-5(3-12-9)7(13-14)8(10)11;;/h8,12H,2-4H2,1H3;1H3;/q;-1;+1. The van der Waals surface area contributed by atoms with Gasteiger partial charge in [-0.1, -0.05) is 0 Å². The van der Waals surface area contributed by atoms with Crippen LogP contribution in [0.1, 0.15) is 24.6 Å². The minimum absolute atomic E-state index is 0. The van der Waals surface area contributed by atoms with Crippen molar-refractivity contribution < 1.29 is 87.2 Å². The maximum Gasteiger partial charge on any atom is 1.00 e. The first-order valence-corrected chi connectivity index (χ1v) is 4.90. The summed E-state index contributed by atoms with van der Waals surface area (Å²) in [7, 11) is 0. The summed E-state index contributed by atoms with van der Waals surface area (Å²) in [6, 6.07) is 0. The van der Waals surface area contributed by atoms with Gasteiger partial charge in [-0.3, -0.25) is 4.79 Å². The number of ether oxygens (including phenoxy) is 1. The number of carbonyl (C=O) groups is 1. The summed E-state index contributed by atoms with van der Waals surface area (Å²) < 4.78 is 31.0. The predicted octanol–water partition coefficient (Wildman–Crippen LogP) is -1.24. The second-order valence-electron chi connectivity index (χ2n) is 3.33. The second-order valence-corrected chi connectivity index (χ2v) is 3.33. The van der Waals surface area contributed by atoms with Crippen LogP contribution in [0.15, 0.2) is 0 Å². The molecule has 96 valence electrons. The van der Waals surface area contributed by atoms with Crippen molar-refractivity contribution in [3.63, 3.8) is 0 Å². The largest absolute Gasteiger partial charge is 1.00 e. The molecule has 0 aromatic carbocycles. The number of halogens is 2. The van der Waals surface area contributed by atoms with Gasteiger partial charge in [-0.25, -0.2) is 13.5 Å². The van der Waals surface area contributed by atoms with E-state index in [0.717, 1.165) is 0 Å². The Labute approximate surface area is 163 Å². The third-order valence-electron chi connectivity index (χ3n) is 2.31. The fraction of sp³-hybridized carbons (Fsp3) is 0.500. The fourth-order valence-electron chi connectivity index (χ4n) is 1.57. The molecular weight excluding hydrogens is 365 g/mol. The Balaban J connectivity index is 0.00000144. The summed E-state index contributed by atoms with van der Waals surface area (Å²) in [5.41, 5.74) is 0.234. The molecule has 1 N–H and O–H groups in total. The minimum Gasteiger partial charge on any atom is -0.465 e. The van der Waals surface area contributed by atoms with Crippen molar-refractivity contribution in [3.05, 3.63) is 18.7 Å². The smallest absolute Gasteiger partial charge is 0.465 e. The summed E-state index contributed by atoms with van der Waals surface area (Å²) in [5.74, 6) is 0.00525. The van der Waals surface area contributed by atoms with E-state index in [2.05, 4.69) is 10.4 Å². The molecule has 0 amide bonds. The maximum absolute atomic E-state index is 12.5. The van der Waals surface area contributed by atoms with E-state index < -0.39 is 12.4 Å². The normalized spacial score (nSPS) is 11.6. The van der Waals surface area contributed by atoms with E-state index >= 15 is 0 Å². The third-order valence-corrected chi connectivity index (χ3v) is 2.31. The molecule has 1 aliphatic heterocycles. The number of aromatic nitrogens is 2. The average molecular weight is 379 g/mol. The van der Waals surface area contributed by atoms with Crippen LogP contribution in [0.5, 0.6) is 0 Å². The first kappa shape index (κ1) is 18.4.